The lowest BCUT2D eigenvalue weighted by Crippen LogP contribution is -2.30. The molecule has 0 atom stereocenters. The van der Waals surface area contributed by atoms with Crippen molar-refractivity contribution in [3.05, 3.63) is 55.4 Å². The van der Waals surface area contributed by atoms with Gasteiger partial charge in [0.25, 0.3) is 5.56 Å². The van der Waals surface area contributed by atoms with Gasteiger partial charge in [0.1, 0.15) is 22.1 Å². The minimum atomic E-state index is -0.516. The fourth-order valence-corrected chi connectivity index (χ4v) is 4.12. The van der Waals surface area contributed by atoms with Crippen LogP contribution in [0.3, 0.4) is 0 Å². The van der Waals surface area contributed by atoms with E-state index < -0.39 is 5.97 Å². The van der Waals surface area contributed by atoms with Crippen molar-refractivity contribution in [3.63, 3.8) is 0 Å². The fourth-order valence-electron chi connectivity index (χ4n) is 2.81. The largest absolute Gasteiger partial charge is 0.465 e. The standard InChI is InChI=1S/C19H18ClN3O4S/c1-9-5-6-12(7-13(9)20)22-14(24)8-23-11(3)21-17-15(18(23)25)10(2)16(28-17)19(26)27-4/h5-7H,8H2,1-4H3,(H,22,24). The lowest BCUT2D eigenvalue weighted by atomic mass is 10.2. The molecule has 146 valence electrons. The number of nitrogens with one attached hydrogen (secondary N) is 1. The van der Waals surface area contributed by atoms with Gasteiger partial charge in [-0.25, -0.2) is 9.78 Å². The van der Waals surface area contributed by atoms with Gasteiger partial charge in [0, 0.05) is 10.7 Å². The summed E-state index contributed by atoms with van der Waals surface area (Å²) in [5.74, 6) is -0.516. The van der Waals surface area contributed by atoms with Crippen molar-refractivity contribution in [1.29, 1.82) is 0 Å². The Kier molecular flexibility index (Phi) is 5.53. The summed E-state index contributed by atoms with van der Waals surface area (Å²) in [7, 11) is 1.28. The molecule has 0 saturated heterocycles. The number of carbonyl (C=O) groups is 2. The van der Waals surface area contributed by atoms with Crippen molar-refractivity contribution in [2.75, 3.05) is 12.4 Å². The second-order valence-electron chi connectivity index (χ2n) is 6.29. The van der Waals surface area contributed by atoms with Gasteiger partial charge in [-0.2, -0.15) is 0 Å². The molecule has 1 N–H and O–H groups in total. The fraction of sp³-hybridized carbons (Fsp3) is 0.263. The third-order valence-corrected chi connectivity index (χ3v) is 5.94. The van der Waals surface area contributed by atoms with Gasteiger partial charge < -0.3 is 10.1 Å². The van der Waals surface area contributed by atoms with Gasteiger partial charge in [-0.1, -0.05) is 17.7 Å². The Hall–Kier alpha value is -2.71. The average Bonchev–Trinajstić information content (AvgIpc) is 2.97. The molecule has 0 saturated carbocycles. The summed E-state index contributed by atoms with van der Waals surface area (Å²) in [4.78, 5) is 42.5. The van der Waals surface area contributed by atoms with Crippen molar-refractivity contribution in [3.8, 4) is 0 Å². The molecular formula is C19H18ClN3O4S. The minimum Gasteiger partial charge on any atom is -0.465 e. The number of benzene rings is 1. The summed E-state index contributed by atoms with van der Waals surface area (Å²) >= 11 is 7.18. The van der Waals surface area contributed by atoms with Crippen molar-refractivity contribution in [2.24, 2.45) is 0 Å². The summed E-state index contributed by atoms with van der Waals surface area (Å²) < 4.78 is 6.04. The lowest BCUT2D eigenvalue weighted by Gasteiger charge is -2.11. The van der Waals surface area contributed by atoms with Crippen LogP contribution in [0.5, 0.6) is 0 Å². The number of hydrogen-bond acceptors (Lipinski definition) is 6. The number of nitrogens with zero attached hydrogens (tertiary/aromatic N) is 2. The summed E-state index contributed by atoms with van der Waals surface area (Å²) in [6, 6.07) is 5.19. The zero-order chi connectivity index (χ0) is 20.6. The van der Waals surface area contributed by atoms with E-state index in [1.54, 1.807) is 32.0 Å². The second-order valence-corrected chi connectivity index (χ2v) is 7.70. The van der Waals surface area contributed by atoms with Gasteiger partial charge in [-0.05, 0) is 44.0 Å². The highest BCUT2D eigenvalue weighted by atomic mass is 35.5. The van der Waals surface area contributed by atoms with E-state index in [4.69, 9.17) is 16.3 Å². The van der Waals surface area contributed by atoms with E-state index in [2.05, 4.69) is 10.3 Å². The number of aromatic nitrogens is 2. The van der Waals surface area contributed by atoms with Crippen LogP contribution in [0.4, 0.5) is 5.69 Å². The van der Waals surface area contributed by atoms with Crippen LogP contribution in [0.15, 0.2) is 23.0 Å². The summed E-state index contributed by atoms with van der Waals surface area (Å²) in [5.41, 5.74) is 1.57. The van der Waals surface area contributed by atoms with E-state index in [9.17, 15) is 14.4 Å². The number of methoxy groups -OCH3 is 1. The molecule has 3 rings (SSSR count). The minimum absolute atomic E-state index is 0.206. The highest BCUT2D eigenvalue weighted by Crippen LogP contribution is 2.28. The van der Waals surface area contributed by atoms with E-state index in [0.29, 0.717) is 37.2 Å². The number of rotatable bonds is 4. The Balaban J connectivity index is 1.95. The predicted molar refractivity (Wildman–Crippen MR) is 110 cm³/mol. The van der Waals surface area contributed by atoms with E-state index in [1.807, 2.05) is 6.92 Å². The molecule has 0 unspecified atom stereocenters. The number of aryl methyl sites for hydroxylation is 3. The number of thiophene rings is 1. The quantitative estimate of drug-likeness (QED) is 0.654. The smallest absolute Gasteiger partial charge is 0.348 e. The van der Waals surface area contributed by atoms with Crippen molar-refractivity contribution >= 4 is 50.7 Å². The normalized spacial score (nSPS) is 10.9. The maximum absolute atomic E-state index is 13.0. The highest BCUT2D eigenvalue weighted by Gasteiger charge is 2.21. The SMILES string of the molecule is COC(=O)c1sc2nc(C)n(CC(=O)Nc3ccc(C)c(Cl)c3)c(=O)c2c1C. The van der Waals surface area contributed by atoms with Gasteiger partial charge in [-0.15, -0.1) is 11.3 Å². The third-order valence-electron chi connectivity index (χ3n) is 4.37. The molecule has 2 aromatic heterocycles. The average molecular weight is 420 g/mol. The number of ether oxygens (including phenoxy) is 1. The lowest BCUT2D eigenvalue weighted by molar-refractivity contribution is -0.116. The van der Waals surface area contributed by atoms with Crippen molar-refractivity contribution in [2.45, 2.75) is 27.3 Å². The maximum Gasteiger partial charge on any atom is 0.348 e. The molecule has 0 bridgehead atoms. The molecular weight excluding hydrogens is 402 g/mol. The van der Waals surface area contributed by atoms with Crippen LogP contribution in [0.25, 0.3) is 10.2 Å². The van der Waals surface area contributed by atoms with Crippen molar-refractivity contribution in [1.82, 2.24) is 9.55 Å². The molecule has 2 heterocycles. The van der Waals surface area contributed by atoms with Crippen LogP contribution >= 0.6 is 22.9 Å². The van der Waals surface area contributed by atoms with Gasteiger partial charge in [0.05, 0.1) is 12.5 Å². The third kappa shape index (κ3) is 3.65. The first kappa shape index (κ1) is 20.0. The van der Waals surface area contributed by atoms with Crippen LogP contribution in [-0.4, -0.2) is 28.5 Å². The number of halogens is 1. The number of amides is 1. The first-order valence-electron chi connectivity index (χ1n) is 8.37. The number of fused-ring (bicyclic) bond motifs is 1. The Morgan fingerprint density at radius 1 is 1.29 bits per heavy atom. The Labute approximate surface area is 169 Å². The molecule has 0 aliphatic carbocycles. The molecule has 7 nitrogen and oxygen atoms in total. The number of esters is 1. The summed E-state index contributed by atoms with van der Waals surface area (Å²) in [6.45, 7) is 4.97. The van der Waals surface area contributed by atoms with Crippen molar-refractivity contribution < 1.29 is 14.3 Å². The first-order chi connectivity index (χ1) is 13.2. The van der Waals surface area contributed by atoms with Crippen LogP contribution in [0, 0.1) is 20.8 Å². The Morgan fingerprint density at radius 3 is 2.64 bits per heavy atom. The molecule has 0 spiro atoms. The van der Waals surface area contributed by atoms with Crippen LogP contribution < -0.4 is 10.9 Å². The zero-order valence-corrected chi connectivity index (χ0v) is 17.3. The van der Waals surface area contributed by atoms with E-state index in [-0.39, 0.29) is 18.0 Å². The first-order valence-corrected chi connectivity index (χ1v) is 9.57. The summed E-state index contributed by atoms with van der Waals surface area (Å²) in [5, 5.41) is 3.59. The number of carbonyl (C=O) groups excluding carboxylic acids is 2. The predicted octanol–water partition coefficient (Wildman–Crippen LogP) is 3.46. The van der Waals surface area contributed by atoms with Crippen LogP contribution in [-0.2, 0) is 16.1 Å². The molecule has 0 aliphatic rings. The molecule has 9 heteroatoms. The topological polar surface area (TPSA) is 90.3 Å². The molecule has 1 amide bonds. The van der Waals surface area contributed by atoms with Gasteiger partial charge in [0.15, 0.2) is 0 Å². The zero-order valence-electron chi connectivity index (χ0n) is 15.8. The molecule has 0 aliphatic heterocycles. The van der Waals surface area contributed by atoms with Gasteiger partial charge in [0.2, 0.25) is 5.91 Å². The van der Waals surface area contributed by atoms with Crippen LogP contribution in [0.1, 0.15) is 26.6 Å². The maximum atomic E-state index is 13.0. The van der Waals surface area contributed by atoms with Gasteiger partial charge >= 0.3 is 5.97 Å². The van der Waals surface area contributed by atoms with E-state index >= 15 is 0 Å². The molecule has 3 aromatic rings. The number of anilines is 1. The van der Waals surface area contributed by atoms with E-state index in [0.717, 1.165) is 16.9 Å². The Bertz CT molecular complexity index is 1170. The van der Waals surface area contributed by atoms with Gasteiger partial charge in [-0.3, -0.25) is 14.2 Å². The second kappa shape index (κ2) is 7.73. The summed E-state index contributed by atoms with van der Waals surface area (Å²) in [6.07, 6.45) is 0. The molecule has 0 radical (unpaired) electrons. The molecule has 28 heavy (non-hydrogen) atoms. The monoisotopic (exact) mass is 419 g/mol. The Morgan fingerprint density at radius 2 is 2.00 bits per heavy atom. The van der Waals surface area contributed by atoms with Crippen LogP contribution in [0.2, 0.25) is 5.02 Å². The highest BCUT2D eigenvalue weighted by molar-refractivity contribution is 7.20. The van der Waals surface area contributed by atoms with E-state index in [1.165, 1.54) is 11.7 Å². The number of hydrogen-bond donors (Lipinski definition) is 1. The molecule has 0 fully saturated rings. The molecule has 1 aromatic carbocycles.